The van der Waals surface area contributed by atoms with Crippen LogP contribution in [0.2, 0.25) is 0 Å². The molecular formula is C19H12FN3O2S. The molecule has 0 bridgehead atoms. The fourth-order valence-electron chi connectivity index (χ4n) is 2.43. The summed E-state index contributed by atoms with van der Waals surface area (Å²) >= 11 is 1.35. The van der Waals surface area contributed by atoms with E-state index in [1.54, 1.807) is 17.5 Å². The average Bonchev–Trinajstić information content (AvgIpc) is 3.32. The van der Waals surface area contributed by atoms with Crippen molar-refractivity contribution < 1.29 is 13.7 Å². The van der Waals surface area contributed by atoms with Crippen LogP contribution in [0.25, 0.3) is 22.2 Å². The Hall–Kier alpha value is -3.32. The number of carbonyl (C=O) groups excluding carboxylic acids is 1. The van der Waals surface area contributed by atoms with Gasteiger partial charge in [-0.2, -0.15) is 4.98 Å². The van der Waals surface area contributed by atoms with Crippen LogP contribution in [-0.2, 0) is 0 Å². The first-order valence-corrected chi connectivity index (χ1v) is 8.63. The molecule has 0 aliphatic carbocycles. The second-order valence-electron chi connectivity index (χ2n) is 5.39. The molecule has 0 aliphatic rings. The lowest BCUT2D eigenvalue weighted by atomic mass is 10.2. The first-order chi connectivity index (χ1) is 12.7. The predicted molar refractivity (Wildman–Crippen MR) is 97.4 cm³/mol. The van der Waals surface area contributed by atoms with Crippen LogP contribution in [-0.4, -0.2) is 16.0 Å². The van der Waals surface area contributed by atoms with Crippen LogP contribution >= 0.6 is 11.3 Å². The van der Waals surface area contributed by atoms with Gasteiger partial charge in [-0.3, -0.25) is 4.79 Å². The third kappa shape index (κ3) is 3.12. The fraction of sp³-hybridized carbons (Fsp3) is 0. The summed E-state index contributed by atoms with van der Waals surface area (Å²) in [6.45, 7) is 0. The SMILES string of the molecule is O=C(Nc1ccsc1-c1nc(-c2ccccc2)no1)c1ccccc1F. The van der Waals surface area contributed by atoms with Crippen LogP contribution in [0.3, 0.4) is 0 Å². The van der Waals surface area contributed by atoms with E-state index in [9.17, 15) is 9.18 Å². The Labute approximate surface area is 152 Å². The summed E-state index contributed by atoms with van der Waals surface area (Å²) in [5, 5.41) is 8.47. The van der Waals surface area contributed by atoms with Crippen LogP contribution < -0.4 is 5.32 Å². The molecule has 4 rings (SSSR count). The van der Waals surface area contributed by atoms with Crippen molar-refractivity contribution in [2.45, 2.75) is 0 Å². The average molecular weight is 365 g/mol. The van der Waals surface area contributed by atoms with Crippen molar-refractivity contribution in [3.8, 4) is 22.2 Å². The number of nitrogens with zero attached hydrogens (tertiary/aromatic N) is 2. The van der Waals surface area contributed by atoms with Gasteiger partial charge in [0.25, 0.3) is 11.8 Å². The third-order valence-electron chi connectivity index (χ3n) is 3.68. The van der Waals surface area contributed by atoms with E-state index in [-0.39, 0.29) is 5.56 Å². The van der Waals surface area contributed by atoms with Gasteiger partial charge in [-0.1, -0.05) is 47.6 Å². The van der Waals surface area contributed by atoms with Gasteiger partial charge in [0.2, 0.25) is 5.82 Å². The minimum atomic E-state index is -0.578. The Morgan fingerprint density at radius 3 is 2.62 bits per heavy atom. The van der Waals surface area contributed by atoms with Crippen molar-refractivity contribution >= 4 is 22.9 Å². The highest BCUT2D eigenvalue weighted by Gasteiger charge is 2.18. The van der Waals surface area contributed by atoms with Gasteiger partial charge in [0.05, 0.1) is 11.3 Å². The van der Waals surface area contributed by atoms with Crippen molar-refractivity contribution in [3.05, 3.63) is 77.4 Å². The first kappa shape index (κ1) is 16.2. The molecule has 0 fully saturated rings. The number of amides is 1. The Bertz CT molecular complexity index is 1060. The quantitative estimate of drug-likeness (QED) is 0.561. The lowest BCUT2D eigenvalue weighted by Crippen LogP contribution is -2.13. The molecule has 0 radical (unpaired) electrons. The zero-order chi connectivity index (χ0) is 17.9. The second kappa shape index (κ2) is 6.89. The van der Waals surface area contributed by atoms with Crippen molar-refractivity contribution in [2.75, 3.05) is 5.32 Å². The third-order valence-corrected chi connectivity index (χ3v) is 4.59. The molecule has 0 unspecified atom stereocenters. The largest absolute Gasteiger partial charge is 0.333 e. The molecule has 2 heterocycles. The second-order valence-corrected chi connectivity index (χ2v) is 6.30. The number of thiophene rings is 1. The molecule has 0 atom stereocenters. The maximum atomic E-state index is 13.8. The summed E-state index contributed by atoms with van der Waals surface area (Å²) in [7, 11) is 0. The molecule has 128 valence electrons. The van der Waals surface area contributed by atoms with E-state index >= 15 is 0 Å². The van der Waals surface area contributed by atoms with E-state index in [2.05, 4.69) is 15.5 Å². The zero-order valence-corrected chi connectivity index (χ0v) is 14.2. The molecule has 0 aliphatic heterocycles. The molecule has 26 heavy (non-hydrogen) atoms. The van der Waals surface area contributed by atoms with E-state index in [1.165, 1.54) is 29.5 Å². The summed E-state index contributed by atoms with van der Waals surface area (Å²) in [5.41, 5.74) is 1.29. The van der Waals surface area contributed by atoms with Crippen LogP contribution in [0.4, 0.5) is 10.1 Å². The van der Waals surface area contributed by atoms with Gasteiger partial charge >= 0.3 is 0 Å². The molecule has 0 saturated carbocycles. The Balaban J connectivity index is 1.61. The van der Waals surface area contributed by atoms with Crippen molar-refractivity contribution in [3.63, 3.8) is 0 Å². The number of rotatable bonds is 4. The maximum Gasteiger partial charge on any atom is 0.270 e. The topological polar surface area (TPSA) is 68.0 Å². The van der Waals surface area contributed by atoms with Crippen LogP contribution in [0, 0.1) is 5.82 Å². The van der Waals surface area contributed by atoms with E-state index in [0.717, 1.165) is 5.56 Å². The minimum absolute atomic E-state index is 0.0276. The lowest BCUT2D eigenvalue weighted by molar-refractivity contribution is 0.102. The normalized spacial score (nSPS) is 10.7. The molecule has 4 aromatic rings. The molecule has 0 spiro atoms. The van der Waals surface area contributed by atoms with Gasteiger partial charge in [0.1, 0.15) is 10.7 Å². The zero-order valence-electron chi connectivity index (χ0n) is 13.3. The number of hydrogen-bond donors (Lipinski definition) is 1. The molecule has 5 nitrogen and oxygen atoms in total. The summed E-state index contributed by atoms with van der Waals surface area (Å²) in [6, 6.07) is 17.0. The van der Waals surface area contributed by atoms with Crippen LogP contribution in [0.15, 0.2) is 70.6 Å². The standard InChI is InChI=1S/C19H12FN3O2S/c20-14-9-5-4-8-13(14)18(24)21-15-10-11-26-16(15)19-22-17(23-25-19)12-6-2-1-3-7-12/h1-11H,(H,21,24). The van der Waals surface area contributed by atoms with Gasteiger partial charge in [-0.15, -0.1) is 11.3 Å². The molecule has 0 saturated heterocycles. The number of aromatic nitrogens is 2. The molecule has 1 amide bonds. The van der Waals surface area contributed by atoms with Crippen molar-refractivity contribution in [2.24, 2.45) is 0 Å². The van der Waals surface area contributed by atoms with E-state index in [0.29, 0.717) is 22.3 Å². The smallest absolute Gasteiger partial charge is 0.270 e. The summed E-state index contributed by atoms with van der Waals surface area (Å²) in [5.74, 6) is -0.362. The summed E-state index contributed by atoms with van der Waals surface area (Å²) in [4.78, 5) is 17.3. The highest BCUT2D eigenvalue weighted by atomic mass is 32.1. The molecule has 2 aromatic carbocycles. The Morgan fingerprint density at radius 2 is 1.81 bits per heavy atom. The van der Waals surface area contributed by atoms with Gasteiger partial charge < -0.3 is 9.84 Å². The summed E-state index contributed by atoms with van der Waals surface area (Å²) < 4.78 is 19.1. The highest BCUT2D eigenvalue weighted by molar-refractivity contribution is 7.14. The number of hydrogen-bond acceptors (Lipinski definition) is 5. The molecule has 1 N–H and O–H groups in total. The minimum Gasteiger partial charge on any atom is -0.333 e. The van der Waals surface area contributed by atoms with Gasteiger partial charge in [-0.05, 0) is 23.6 Å². The van der Waals surface area contributed by atoms with Gasteiger partial charge in [-0.25, -0.2) is 4.39 Å². The van der Waals surface area contributed by atoms with E-state index in [1.807, 2.05) is 30.3 Å². The fourth-order valence-corrected chi connectivity index (χ4v) is 3.20. The predicted octanol–water partition coefficient (Wildman–Crippen LogP) is 4.86. The van der Waals surface area contributed by atoms with Crippen molar-refractivity contribution in [1.82, 2.24) is 10.1 Å². The number of halogens is 1. The molecule has 7 heteroatoms. The Kier molecular flexibility index (Phi) is 4.28. The van der Waals surface area contributed by atoms with Gasteiger partial charge in [0.15, 0.2) is 0 Å². The summed E-state index contributed by atoms with van der Waals surface area (Å²) in [6.07, 6.45) is 0. The monoisotopic (exact) mass is 365 g/mol. The highest BCUT2D eigenvalue weighted by Crippen LogP contribution is 2.34. The van der Waals surface area contributed by atoms with E-state index < -0.39 is 11.7 Å². The van der Waals surface area contributed by atoms with Crippen LogP contribution in [0.1, 0.15) is 10.4 Å². The van der Waals surface area contributed by atoms with Crippen LogP contribution in [0.5, 0.6) is 0 Å². The number of benzene rings is 2. The van der Waals surface area contributed by atoms with Gasteiger partial charge in [0, 0.05) is 5.56 Å². The van der Waals surface area contributed by atoms with Crippen molar-refractivity contribution in [1.29, 1.82) is 0 Å². The van der Waals surface area contributed by atoms with E-state index in [4.69, 9.17) is 4.52 Å². The lowest BCUT2D eigenvalue weighted by Gasteiger charge is -2.05. The molecular weight excluding hydrogens is 353 g/mol. The Morgan fingerprint density at radius 1 is 1.04 bits per heavy atom. The number of anilines is 1. The first-order valence-electron chi connectivity index (χ1n) is 7.75. The maximum absolute atomic E-state index is 13.8. The molecule has 2 aromatic heterocycles. The number of nitrogens with one attached hydrogen (secondary N) is 1. The number of carbonyl (C=O) groups is 1.